The van der Waals surface area contributed by atoms with Gasteiger partial charge in [0.15, 0.2) is 0 Å². The maximum Gasteiger partial charge on any atom is 0.232 e. The predicted octanol–water partition coefficient (Wildman–Crippen LogP) is 5.08. The Morgan fingerprint density at radius 3 is 2.06 bits per heavy atom. The van der Waals surface area contributed by atoms with Gasteiger partial charge >= 0.3 is 0 Å². The lowest BCUT2D eigenvalue weighted by Gasteiger charge is -2.36. The molecule has 162 valence electrons. The van der Waals surface area contributed by atoms with Crippen LogP contribution in [-0.2, 0) is 11.2 Å². The molecule has 1 saturated heterocycles. The van der Waals surface area contributed by atoms with Crippen LogP contribution in [0.3, 0.4) is 0 Å². The fraction of sp³-hybridized carbons (Fsp3) is 0.286. The van der Waals surface area contributed by atoms with Crippen molar-refractivity contribution in [3.8, 4) is 0 Å². The van der Waals surface area contributed by atoms with Crippen LogP contribution in [0.5, 0.6) is 0 Å². The molecule has 0 saturated carbocycles. The van der Waals surface area contributed by atoms with Gasteiger partial charge in [-0.3, -0.25) is 4.79 Å². The minimum absolute atomic E-state index is 0.0878. The van der Waals surface area contributed by atoms with Crippen LogP contribution in [0, 0.1) is 0 Å². The Balaban J connectivity index is 1.24. The number of nitrogens with zero attached hydrogens (tertiary/aromatic N) is 2. The van der Waals surface area contributed by atoms with Gasteiger partial charge in [-0.05, 0) is 42.0 Å². The molecule has 32 heavy (non-hydrogen) atoms. The van der Waals surface area contributed by atoms with Crippen LogP contribution >= 0.6 is 0 Å². The van der Waals surface area contributed by atoms with Crippen molar-refractivity contribution in [3.63, 3.8) is 0 Å². The monoisotopic (exact) mass is 423 g/mol. The van der Waals surface area contributed by atoms with Crippen LogP contribution in [0.1, 0.15) is 41.9 Å². The highest BCUT2D eigenvalue weighted by atomic mass is 16.1. The summed E-state index contributed by atoms with van der Waals surface area (Å²) in [5.41, 5.74) is 4.51. The molecule has 0 unspecified atom stereocenters. The average molecular weight is 424 g/mol. The van der Waals surface area contributed by atoms with Crippen LogP contribution < -0.4 is 5.32 Å². The van der Waals surface area contributed by atoms with E-state index >= 15 is 0 Å². The van der Waals surface area contributed by atoms with Gasteiger partial charge in [0.1, 0.15) is 5.84 Å². The average Bonchev–Trinajstić information content (AvgIpc) is 2.86. The molecule has 2 aliphatic rings. The number of nitrogens with one attached hydrogen (secondary N) is 1. The summed E-state index contributed by atoms with van der Waals surface area (Å²) in [7, 11) is 0. The second-order valence-corrected chi connectivity index (χ2v) is 8.68. The Kier molecular flexibility index (Phi) is 6.02. The Bertz CT molecular complexity index is 1050. The summed E-state index contributed by atoms with van der Waals surface area (Å²) >= 11 is 0. The summed E-state index contributed by atoms with van der Waals surface area (Å²) in [6.45, 7) is 1.88. The number of rotatable bonds is 4. The maximum absolute atomic E-state index is 13.4. The van der Waals surface area contributed by atoms with Crippen molar-refractivity contribution in [2.75, 3.05) is 13.1 Å². The van der Waals surface area contributed by atoms with Gasteiger partial charge in [-0.25, -0.2) is 4.99 Å². The molecule has 4 nitrogen and oxygen atoms in total. The highest BCUT2D eigenvalue weighted by Gasteiger charge is 2.28. The van der Waals surface area contributed by atoms with Crippen molar-refractivity contribution < 1.29 is 4.79 Å². The number of likely N-dealkylation sites (tertiary alicyclic amines) is 1. The lowest BCUT2D eigenvalue weighted by atomic mass is 9.90. The first-order chi connectivity index (χ1) is 15.8. The zero-order valence-electron chi connectivity index (χ0n) is 18.3. The van der Waals surface area contributed by atoms with Crippen LogP contribution in [0.15, 0.2) is 89.9 Å². The van der Waals surface area contributed by atoms with E-state index in [1.807, 2.05) is 60.7 Å². The Morgan fingerprint density at radius 2 is 1.41 bits per heavy atom. The molecule has 1 N–H and O–H groups in total. The number of aliphatic imine (C=N–C) groups is 1. The lowest BCUT2D eigenvalue weighted by molar-refractivity contribution is -0.122. The Morgan fingerprint density at radius 1 is 0.812 bits per heavy atom. The number of fused-ring (bicyclic) bond motifs is 1. The number of amidine groups is 1. The van der Waals surface area contributed by atoms with Crippen molar-refractivity contribution in [2.45, 2.75) is 37.6 Å². The second kappa shape index (κ2) is 9.39. The van der Waals surface area contributed by atoms with Crippen molar-refractivity contribution in [1.82, 2.24) is 10.2 Å². The van der Waals surface area contributed by atoms with Gasteiger partial charge in [0.05, 0.1) is 11.6 Å². The van der Waals surface area contributed by atoms with Crippen molar-refractivity contribution in [1.29, 1.82) is 0 Å². The molecule has 0 bridgehead atoms. The summed E-state index contributed by atoms with van der Waals surface area (Å²) in [5, 5.41) is 3.35. The highest BCUT2D eigenvalue weighted by Crippen LogP contribution is 2.28. The van der Waals surface area contributed by atoms with Crippen LogP contribution in [0.2, 0.25) is 0 Å². The van der Waals surface area contributed by atoms with Crippen molar-refractivity contribution in [3.05, 3.63) is 102 Å². The molecule has 1 fully saturated rings. The zero-order chi connectivity index (χ0) is 21.8. The number of hydrogen-bond acceptors (Lipinski definition) is 3. The highest BCUT2D eigenvalue weighted by molar-refractivity contribution is 5.88. The minimum Gasteiger partial charge on any atom is -0.360 e. The molecule has 0 aromatic heterocycles. The Hall–Kier alpha value is -3.40. The first-order valence-corrected chi connectivity index (χ1v) is 11.6. The van der Waals surface area contributed by atoms with E-state index in [9.17, 15) is 4.79 Å². The van der Waals surface area contributed by atoms with E-state index in [1.165, 1.54) is 11.4 Å². The summed E-state index contributed by atoms with van der Waals surface area (Å²) < 4.78 is 0. The molecule has 0 radical (unpaired) electrons. The quantitative estimate of drug-likeness (QED) is 0.636. The third-order valence-corrected chi connectivity index (χ3v) is 6.59. The lowest BCUT2D eigenvalue weighted by Crippen LogP contribution is -2.48. The first-order valence-electron chi connectivity index (χ1n) is 11.6. The molecule has 5 rings (SSSR count). The molecule has 0 aliphatic carbocycles. The molecule has 3 aromatic rings. The Labute approximate surface area is 190 Å². The minimum atomic E-state index is -0.283. The smallest absolute Gasteiger partial charge is 0.232 e. The molecule has 3 aromatic carbocycles. The van der Waals surface area contributed by atoms with Gasteiger partial charge in [-0.2, -0.15) is 0 Å². The molecule has 4 heteroatoms. The normalized spacial score (nSPS) is 16.4. The number of carbonyl (C=O) groups excluding carboxylic acids is 1. The number of piperidine rings is 1. The van der Waals surface area contributed by atoms with E-state index < -0.39 is 0 Å². The van der Waals surface area contributed by atoms with Crippen molar-refractivity contribution in [2.24, 2.45) is 4.99 Å². The number of carbonyl (C=O) groups is 1. The fourth-order valence-electron chi connectivity index (χ4n) is 4.85. The number of hydrogen-bond donors (Lipinski definition) is 1. The summed E-state index contributed by atoms with van der Waals surface area (Å²) in [4.78, 5) is 20.7. The number of aryl methyl sites for hydroxylation is 1. The van der Waals surface area contributed by atoms with E-state index in [4.69, 9.17) is 4.99 Å². The third kappa shape index (κ3) is 4.45. The molecule has 0 spiro atoms. The molecular weight excluding hydrogens is 394 g/mol. The van der Waals surface area contributed by atoms with Crippen LogP contribution in [0.25, 0.3) is 0 Å². The molecule has 2 aliphatic heterocycles. The number of benzene rings is 3. The summed E-state index contributed by atoms with van der Waals surface area (Å²) in [6.07, 6.45) is 3.95. The van der Waals surface area contributed by atoms with Gasteiger partial charge in [0, 0.05) is 25.6 Å². The van der Waals surface area contributed by atoms with E-state index in [1.54, 1.807) is 0 Å². The van der Waals surface area contributed by atoms with Crippen LogP contribution in [0.4, 0.5) is 5.69 Å². The molecule has 0 atom stereocenters. The zero-order valence-corrected chi connectivity index (χ0v) is 18.3. The summed E-state index contributed by atoms with van der Waals surface area (Å²) in [5.74, 6) is 0.999. The van der Waals surface area contributed by atoms with Gasteiger partial charge in [0.25, 0.3) is 0 Å². The summed E-state index contributed by atoms with van der Waals surface area (Å²) in [6, 6.07) is 28.8. The maximum atomic E-state index is 13.4. The largest absolute Gasteiger partial charge is 0.360 e. The molecule has 1 amide bonds. The number of para-hydroxylation sites is 1. The molecular formula is C28H29N3O. The SMILES string of the molecule is O=C(NC1CCN(C2=Nc3ccccc3CC2)CC1)C(c1ccccc1)c1ccccc1. The predicted molar refractivity (Wildman–Crippen MR) is 129 cm³/mol. The number of amides is 1. The van der Waals surface area contributed by atoms with Gasteiger partial charge in [-0.1, -0.05) is 78.9 Å². The van der Waals surface area contributed by atoms with E-state index in [0.29, 0.717) is 0 Å². The van der Waals surface area contributed by atoms with E-state index in [2.05, 4.69) is 34.5 Å². The topological polar surface area (TPSA) is 44.7 Å². The fourth-order valence-corrected chi connectivity index (χ4v) is 4.85. The van der Waals surface area contributed by atoms with E-state index in [0.717, 1.165) is 55.6 Å². The van der Waals surface area contributed by atoms with Gasteiger partial charge in [-0.15, -0.1) is 0 Å². The van der Waals surface area contributed by atoms with E-state index in [-0.39, 0.29) is 17.9 Å². The third-order valence-electron chi connectivity index (χ3n) is 6.59. The van der Waals surface area contributed by atoms with Gasteiger partial charge < -0.3 is 10.2 Å². The standard InChI is InChI=1S/C28H29N3O/c32-28(27(22-10-3-1-4-11-22)23-12-5-2-6-13-23)29-24-17-19-31(20-18-24)26-16-15-21-9-7-8-14-25(21)30-26/h1-14,24,27H,15-20H2,(H,29,32). The first kappa shape index (κ1) is 20.5. The second-order valence-electron chi connectivity index (χ2n) is 8.68. The van der Waals surface area contributed by atoms with Gasteiger partial charge in [0.2, 0.25) is 5.91 Å². The van der Waals surface area contributed by atoms with Crippen molar-refractivity contribution >= 4 is 17.4 Å². The molecule has 2 heterocycles. The van der Waals surface area contributed by atoms with Crippen LogP contribution in [-0.4, -0.2) is 35.8 Å².